The van der Waals surface area contributed by atoms with Crippen molar-refractivity contribution >= 4 is 39.5 Å². The molecule has 19 heteroatoms. The summed E-state index contributed by atoms with van der Waals surface area (Å²) < 4.78 is 68.3. The maximum Gasteiger partial charge on any atom is 0.472 e. The lowest BCUT2D eigenvalue weighted by Gasteiger charge is -2.21. The molecule has 0 aliphatic rings. The van der Waals surface area contributed by atoms with Gasteiger partial charge >= 0.3 is 39.5 Å². The van der Waals surface area contributed by atoms with Gasteiger partial charge in [-0.15, -0.1) is 0 Å². The van der Waals surface area contributed by atoms with Crippen molar-refractivity contribution in [1.82, 2.24) is 0 Å². The lowest BCUT2D eigenvalue weighted by molar-refractivity contribution is -0.161. The van der Waals surface area contributed by atoms with Gasteiger partial charge in [0.25, 0.3) is 0 Å². The van der Waals surface area contributed by atoms with Gasteiger partial charge in [-0.1, -0.05) is 276 Å². The molecule has 0 aromatic rings. The molecule has 0 amide bonds. The van der Waals surface area contributed by atoms with Gasteiger partial charge in [-0.2, -0.15) is 0 Å². The Morgan fingerprint density at radius 2 is 0.634 bits per heavy atom. The molecule has 0 radical (unpaired) electrons. The van der Waals surface area contributed by atoms with Crippen LogP contribution in [-0.2, 0) is 65.4 Å². The maximum atomic E-state index is 13.0. The second-order valence-corrected chi connectivity index (χ2v) is 28.9. The van der Waals surface area contributed by atoms with Gasteiger partial charge in [0.2, 0.25) is 0 Å². The van der Waals surface area contributed by atoms with E-state index in [1.54, 1.807) is 0 Å². The number of phosphoric ester groups is 2. The number of esters is 4. The summed E-state index contributed by atoms with van der Waals surface area (Å²) in [5.41, 5.74) is 0. The number of carbonyl (C=O) groups excluding carboxylic acids is 4. The fraction of sp³-hybridized carbons (Fsp3) is 0.838. The molecule has 0 aromatic carbocycles. The Morgan fingerprint density at radius 1 is 0.355 bits per heavy atom. The number of hydrogen-bond donors (Lipinski definition) is 3. The number of hydrogen-bond acceptors (Lipinski definition) is 15. The van der Waals surface area contributed by atoms with Crippen LogP contribution in [0.15, 0.2) is 48.6 Å². The van der Waals surface area contributed by atoms with Crippen molar-refractivity contribution in [3.05, 3.63) is 48.6 Å². The molecule has 0 aliphatic carbocycles. The van der Waals surface area contributed by atoms with Crippen molar-refractivity contribution < 1.29 is 80.2 Å². The lowest BCUT2D eigenvalue weighted by atomic mass is 9.99. The van der Waals surface area contributed by atoms with Crippen LogP contribution in [0.3, 0.4) is 0 Å². The van der Waals surface area contributed by atoms with Crippen LogP contribution in [0.5, 0.6) is 0 Å². The van der Waals surface area contributed by atoms with Crippen molar-refractivity contribution in [1.29, 1.82) is 0 Å². The first-order chi connectivity index (χ1) is 44.9. The van der Waals surface area contributed by atoms with Crippen molar-refractivity contribution in [2.75, 3.05) is 39.6 Å². The zero-order chi connectivity index (χ0) is 68.6. The second kappa shape index (κ2) is 65.0. The minimum absolute atomic E-state index is 0.0813. The molecule has 0 fully saturated rings. The van der Waals surface area contributed by atoms with Gasteiger partial charge < -0.3 is 33.8 Å². The van der Waals surface area contributed by atoms with E-state index in [-0.39, 0.29) is 25.7 Å². The van der Waals surface area contributed by atoms with E-state index in [4.69, 9.17) is 37.0 Å². The smallest absolute Gasteiger partial charge is 0.462 e. The van der Waals surface area contributed by atoms with E-state index in [0.717, 1.165) is 128 Å². The number of carbonyl (C=O) groups is 4. The van der Waals surface area contributed by atoms with Crippen molar-refractivity contribution in [3.63, 3.8) is 0 Å². The van der Waals surface area contributed by atoms with Gasteiger partial charge in [0.05, 0.1) is 26.4 Å². The quantitative estimate of drug-likeness (QED) is 0.0169. The summed E-state index contributed by atoms with van der Waals surface area (Å²) in [6.07, 6.45) is 57.2. The molecule has 93 heavy (non-hydrogen) atoms. The van der Waals surface area contributed by atoms with Crippen LogP contribution in [0, 0.1) is 11.8 Å². The molecule has 3 N–H and O–H groups in total. The molecule has 0 heterocycles. The Hall–Kier alpha value is -2.98. The van der Waals surface area contributed by atoms with Crippen LogP contribution in [-0.4, -0.2) is 96.7 Å². The topological polar surface area (TPSA) is 237 Å². The fourth-order valence-electron chi connectivity index (χ4n) is 10.2. The van der Waals surface area contributed by atoms with Crippen LogP contribution < -0.4 is 0 Å². The highest BCUT2D eigenvalue weighted by atomic mass is 31.2. The standard InChI is InChI=1S/C74H136O17P2/c1-7-10-12-14-16-18-20-22-24-26-28-34-38-46-52-58-73(78)90-69(62-84-71(76)56-50-44-37-33-31-30-32-36-43-49-55-67(6)9-3)64-88-92(80,81)86-60-68(75)61-87-93(82,83)89-65-70(63-85-72(77)57-51-45-41-40-42-48-54-66(4)5)91-74(79)59-53-47-39-35-29-27-25-23-21-19-17-15-13-11-8-2/h18-25,66-70,75H,7-17,26-65H2,1-6H3,(H,80,81)(H,82,83)/b20-18-,21-19-,24-22-,25-23-/t67?,68-,69-,70-/m1/s1. The minimum atomic E-state index is -4.97. The molecule has 0 saturated carbocycles. The summed E-state index contributed by atoms with van der Waals surface area (Å²) in [4.78, 5) is 72.6. The summed E-state index contributed by atoms with van der Waals surface area (Å²) in [6, 6.07) is 0. The fourth-order valence-corrected chi connectivity index (χ4v) is 11.8. The first-order valence-corrected chi connectivity index (χ1v) is 40.2. The molecular weight excluding hydrogens is 1220 g/mol. The zero-order valence-corrected chi connectivity index (χ0v) is 61.3. The highest BCUT2D eigenvalue weighted by Crippen LogP contribution is 2.45. The van der Waals surface area contributed by atoms with E-state index >= 15 is 0 Å². The first-order valence-electron chi connectivity index (χ1n) is 37.2. The minimum Gasteiger partial charge on any atom is -0.462 e. The number of aliphatic hydroxyl groups excluding tert-OH is 1. The monoisotopic (exact) mass is 1360 g/mol. The third-order valence-electron chi connectivity index (χ3n) is 16.3. The van der Waals surface area contributed by atoms with Crippen LogP contribution in [0.1, 0.15) is 330 Å². The molecule has 0 saturated heterocycles. The number of aliphatic hydroxyl groups is 1. The molecule has 544 valence electrons. The number of ether oxygens (including phenoxy) is 4. The highest BCUT2D eigenvalue weighted by Gasteiger charge is 2.30. The van der Waals surface area contributed by atoms with E-state index in [1.807, 2.05) is 0 Å². The lowest BCUT2D eigenvalue weighted by Crippen LogP contribution is -2.30. The van der Waals surface area contributed by atoms with Crippen molar-refractivity contribution in [3.8, 4) is 0 Å². The van der Waals surface area contributed by atoms with Crippen LogP contribution >= 0.6 is 15.6 Å². The van der Waals surface area contributed by atoms with E-state index < -0.39 is 97.5 Å². The third-order valence-corrected chi connectivity index (χ3v) is 18.2. The molecule has 0 aromatic heterocycles. The summed E-state index contributed by atoms with van der Waals surface area (Å²) >= 11 is 0. The van der Waals surface area contributed by atoms with E-state index in [0.29, 0.717) is 31.6 Å². The molecule has 0 aliphatic heterocycles. The Morgan fingerprint density at radius 3 is 0.957 bits per heavy atom. The third kappa shape index (κ3) is 66.1. The van der Waals surface area contributed by atoms with E-state index in [1.165, 1.54) is 116 Å². The highest BCUT2D eigenvalue weighted by molar-refractivity contribution is 7.47. The van der Waals surface area contributed by atoms with Crippen molar-refractivity contribution in [2.24, 2.45) is 11.8 Å². The van der Waals surface area contributed by atoms with Gasteiger partial charge in [-0.3, -0.25) is 37.3 Å². The summed E-state index contributed by atoms with van der Waals surface area (Å²) in [5.74, 6) is -0.703. The summed E-state index contributed by atoms with van der Waals surface area (Å²) in [5, 5.41) is 10.6. The Bertz CT molecular complexity index is 1990. The van der Waals surface area contributed by atoms with Gasteiger partial charge in [0.1, 0.15) is 19.3 Å². The van der Waals surface area contributed by atoms with Crippen molar-refractivity contribution in [2.45, 2.75) is 349 Å². The first kappa shape index (κ1) is 90.0. The van der Waals surface area contributed by atoms with Gasteiger partial charge in [0, 0.05) is 25.7 Å². The van der Waals surface area contributed by atoms with E-state index in [9.17, 15) is 43.2 Å². The average Bonchev–Trinajstić information content (AvgIpc) is 3.06. The van der Waals surface area contributed by atoms with E-state index in [2.05, 4.69) is 90.2 Å². The molecule has 17 nitrogen and oxygen atoms in total. The Kier molecular flexibility index (Phi) is 62.9. The second-order valence-electron chi connectivity index (χ2n) is 26.0. The zero-order valence-electron chi connectivity index (χ0n) is 59.5. The molecular formula is C74H136O17P2. The molecule has 0 spiro atoms. The normalized spacial score (nSPS) is 14.7. The molecule has 6 atom stereocenters. The largest absolute Gasteiger partial charge is 0.472 e. The number of rotatable bonds is 69. The predicted molar refractivity (Wildman–Crippen MR) is 376 cm³/mol. The van der Waals surface area contributed by atoms with Crippen LogP contribution in [0.2, 0.25) is 0 Å². The Labute approximate surface area is 566 Å². The molecule has 3 unspecified atom stereocenters. The number of unbranched alkanes of at least 4 members (excludes halogenated alkanes) is 32. The Balaban J connectivity index is 5.32. The predicted octanol–water partition coefficient (Wildman–Crippen LogP) is 20.7. The van der Waals surface area contributed by atoms with Gasteiger partial charge in [-0.05, 0) is 88.9 Å². The average molecular weight is 1360 g/mol. The van der Waals surface area contributed by atoms with Crippen LogP contribution in [0.4, 0.5) is 0 Å². The van der Waals surface area contributed by atoms with Gasteiger partial charge in [-0.25, -0.2) is 9.13 Å². The summed E-state index contributed by atoms with van der Waals surface area (Å²) in [7, 11) is -9.93. The van der Waals surface area contributed by atoms with Crippen LogP contribution in [0.25, 0.3) is 0 Å². The number of allylic oxidation sites excluding steroid dienone is 8. The summed E-state index contributed by atoms with van der Waals surface area (Å²) in [6.45, 7) is 9.38. The maximum absolute atomic E-state index is 13.0. The van der Waals surface area contributed by atoms with Gasteiger partial charge in [0.15, 0.2) is 12.2 Å². The molecule has 0 rings (SSSR count). The SMILES string of the molecule is CCCCCC/C=C\C=C/CCCCCCCC(=O)O[C@H](COC(=O)CCCCCCCCCCCCC(C)CC)COP(=O)(O)OC[C@@H](O)COP(=O)(O)OC[C@@H](COC(=O)CCCCCCCCC(C)C)OC(=O)CCCCCCC/C=C\C=C/CCCCCC. The molecule has 0 bridgehead atoms. The number of phosphoric acid groups is 2.